The summed E-state index contributed by atoms with van der Waals surface area (Å²) in [4.78, 5) is 17.7. The van der Waals surface area contributed by atoms with Crippen LogP contribution in [-0.2, 0) is 0 Å². The fourth-order valence-electron chi connectivity index (χ4n) is 2.46. The zero-order valence-corrected chi connectivity index (χ0v) is 11.8. The molecular weight excluding hydrogens is 240 g/mol. The molecule has 1 atom stereocenters. The van der Waals surface area contributed by atoms with Crippen molar-refractivity contribution in [3.8, 4) is 0 Å². The second-order valence-corrected chi connectivity index (χ2v) is 5.15. The predicted octanol–water partition coefficient (Wildman–Crippen LogP) is 1.12. The number of anilines is 1. The van der Waals surface area contributed by atoms with Gasteiger partial charge in [-0.25, -0.2) is 4.79 Å². The normalized spacial score (nSPS) is 19.2. The summed E-state index contributed by atoms with van der Waals surface area (Å²) in [6, 6.07) is 8.52. The number of nitrogens with zero attached hydrogens (tertiary/aromatic N) is 3. The van der Waals surface area contributed by atoms with Crippen molar-refractivity contribution in [3.05, 3.63) is 29.8 Å². The Hall–Kier alpha value is -1.75. The highest BCUT2D eigenvalue weighted by Gasteiger charge is 2.35. The van der Waals surface area contributed by atoms with Crippen molar-refractivity contribution in [1.29, 1.82) is 0 Å². The maximum absolute atomic E-state index is 12.0. The van der Waals surface area contributed by atoms with Crippen molar-refractivity contribution in [1.82, 2.24) is 9.80 Å². The molecule has 0 saturated carbocycles. The highest BCUT2D eigenvalue weighted by molar-refractivity contribution is 5.77. The zero-order chi connectivity index (χ0) is 14.0. The summed E-state index contributed by atoms with van der Waals surface area (Å²) in [5.41, 5.74) is 7.92. The summed E-state index contributed by atoms with van der Waals surface area (Å²) in [6.45, 7) is 1.81. The Labute approximate surface area is 114 Å². The number of likely N-dealkylation sites (N-methyl/N-ethyl adjacent to an activating group) is 1. The molecule has 0 aliphatic carbocycles. The minimum atomic E-state index is 0.0622. The molecule has 1 saturated heterocycles. The van der Waals surface area contributed by atoms with E-state index in [4.69, 9.17) is 5.73 Å². The van der Waals surface area contributed by atoms with Gasteiger partial charge in [-0.2, -0.15) is 0 Å². The van der Waals surface area contributed by atoms with E-state index in [-0.39, 0.29) is 12.1 Å². The molecule has 1 unspecified atom stereocenters. The largest absolute Gasteiger partial charge is 0.378 e. The Balaban J connectivity index is 2.22. The molecule has 0 bridgehead atoms. The van der Waals surface area contributed by atoms with Crippen LogP contribution in [0.25, 0.3) is 0 Å². The SMILES string of the molecule is CN1CC(c2ccc(N(C)C)cc2)N(CCN)C1=O. The molecule has 1 heterocycles. The Morgan fingerprint density at radius 2 is 1.95 bits per heavy atom. The Morgan fingerprint density at radius 1 is 1.32 bits per heavy atom. The number of hydrogen-bond acceptors (Lipinski definition) is 3. The Bertz CT molecular complexity index is 443. The smallest absolute Gasteiger partial charge is 0.320 e. The molecule has 5 heteroatoms. The molecule has 1 aromatic rings. The molecule has 0 radical (unpaired) electrons. The van der Waals surface area contributed by atoms with Crippen LogP contribution in [0.5, 0.6) is 0 Å². The van der Waals surface area contributed by atoms with Gasteiger partial charge < -0.3 is 20.4 Å². The molecule has 2 amide bonds. The molecule has 1 aliphatic heterocycles. The van der Waals surface area contributed by atoms with Crippen LogP contribution < -0.4 is 10.6 Å². The first-order chi connectivity index (χ1) is 9.04. The minimum Gasteiger partial charge on any atom is -0.378 e. The summed E-state index contributed by atoms with van der Waals surface area (Å²) in [7, 11) is 5.87. The van der Waals surface area contributed by atoms with Crippen LogP contribution >= 0.6 is 0 Å². The van der Waals surface area contributed by atoms with E-state index in [1.807, 2.05) is 26.0 Å². The van der Waals surface area contributed by atoms with Crippen molar-refractivity contribution in [2.24, 2.45) is 5.73 Å². The van der Waals surface area contributed by atoms with E-state index in [0.29, 0.717) is 13.1 Å². The molecule has 1 fully saturated rings. The summed E-state index contributed by atoms with van der Waals surface area (Å²) in [5, 5.41) is 0. The fourth-order valence-corrected chi connectivity index (χ4v) is 2.46. The third-order valence-electron chi connectivity index (χ3n) is 3.56. The molecule has 104 valence electrons. The van der Waals surface area contributed by atoms with Crippen LogP contribution in [-0.4, -0.2) is 56.6 Å². The minimum absolute atomic E-state index is 0.0622. The average molecular weight is 262 g/mol. The molecule has 1 aliphatic rings. The molecular formula is C14H22N4O. The summed E-state index contributed by atoms with van der Waals surface area (Å²) in [5.74, 6) is 0. The molecule has 19 heavy (non-hydrogen) atoms. The standard InChI is InChI=1S/C14H22N4O/c1-16(2)12-6-4-11(5-7-12)13-10-17(3)14(19)18(13)9-8-15/h4-7,13H,8-10,15H2,1-3H3. The lowest BCUT2D eigenvalue weighted by atomic mass is 10.1. The van der Waals surface area contributed by atoms with Gasteiger partial charge in [0, 0.05) is 46.5 Å². The van der Waals surface area contributed by atoms with Gasteiger partial charge >= 0.3 is 6.03 Å². The van der Waals surface area contributed by atoms with E-state index < -0.39 is 0 Å². The van der Waals surface area contributed by atoms with Crippen LogP contribution in [0.1, 0.15) is 11.6 Å². The zero-order valence-electron chi connectivity index (χ0n) is 11.8. The maximum atomic E-state index is 12.0. The first kappa shape index (κ1) is 13.7. The Kier molecular flexibility index (Phi) is 3.95. The van der Waals surface area contributed by atoms with Gasteiger partial charge in [-0.1, -0.05) is 12.1 Å². The van der Waals surface area contributed by atoms with Crippen molar-refractivity contribution in [2.75, 3.05) is 45.7 Å². The van der Waals surface area contributed by atoms with Gasteiger partial charge in [0.05, 0.1) is 6.04 Å². The number of nitrogens with two attached hydrogens (primary N) is 1. The summed E-state index contributed by atoms with van der Waals surface area (Å²) >= 11 is 0. The van der Waals surface area contributed by atoms with E-state index in [0.717, 1.165) is 17.8 Å². The maximum Gasteiger partial charge on any atom is 0.320 e. The van der Waals surface area contributed by atoms with Gasteiger partial charge in [-0.05, 0) is 17.7 Å². The quantitative estimate of drug-likeness (QED) is 0.884. The molecule has 2 N–H and O–H groups in total. The third kappa shape index (κ3) is 2.66. The lowest BCUT2D eigenvalue weighted by Crippen LogP contribution is -2.34. The highest BCUT2D eigenvalue weighted by Crippen LogP contribution is 2.29. The number of hydrogen-bond donors (Lipinski definition) is 1. The molecule has 5 nitrogen and oxygen atoms in total. The lowest BCUT2D eigenvalue weighted by molar-refractivity contribution is 0.192. The predicted molar refractivity (Wildman–Crippen MR) is 77.3 cm³/mol. The Morgan fingerprint density at radius 3 is 2.47 bits per heavy atom. The van der Waals surface area contributed by atoms with Gasteiger partial charge in [0.2, 0.25) is 0 Å². The topological polar surface area (TPSA) is 52.8 Å². The first-order valence-corrected chi connectivity index (χ1v) is 6.53. The fraction of sp³-hybridized carbons (Fsp3) is 0.500. The van der Waals surface area contributed by atoms with E-state index in [9.17, 15) is 4.79 Å². The van der Waals surface area contributed by atoms with Crippen molar-refractivity contribution in [2.45, 2.75) is 6.04 Å². The van der Waals surface area contributed by atoms with Crippen LogP contribution in [0, 0.1) is 0 Å². The van der Waals surface area contributed by atoms with Crippen molar-refractivity contribution in [3.63, 3.8) is 0 Å². The lowest BCUT2D eigenvalue weighted by Gasteiger charge is -2.23. The second-order valence-electron chi connectivity index (χ2n) is 5.15. The van der Waals surface area contributed by atoms with E-state index >= 15 is 0 Å². The van der Waals surface area contributed by atoms with E-state index in [1.165, 1.54) is 0 Å². The van der Waals surface area contributed by atoms with Crippen molar-refractivity contribution >= 4 is 11.7 Å². The van der Waals surface area contributed by atoms with Gasteiger partial charge in [-0.15, -0.1) is 0 Å². The highest BCUT2D eigenvalue weighted by atomic mass is 16.2. The van der Waals surface area contributed by atoms with Crippen LogP contribution in [0.15, 0.2) is 24.3 Å². The van der Waals surface area contributed by atoms with Gasteiger partial charge in [-0.3, -0.25) is 0 Å². The van der Waals surface area contributed by atoms with Crippen LogP contribution in [0.3, 0.4) is 0 Å². The number of urea groups is 1. The number of benzene rings is 1. The van der Waals surface area contributed by atoms with Crippen LogP contribution in [0.2, 0.25) is 0 Å². The van der Waals surface area contributed by atoms with Gasteiger partial charge in [0.15, 0.2) is 0 Å². The summed E-state index contributed by atoms with van der Waals surface area (Å²) in [6.07, 6.45) is 0. The van der Waals surface area contributed by atoms with E-state index in [2.05, 4.69) is 29.2 Å². The number of rotatable bonds is 4. The van der Waals surface area contributed by atoms with Gasteiger partial charge in [0.1, 0.15) is 0 Å². The number of amides is 2. The molecule has 0 spiro atoms. The summed E-state index contributed by atoms with van der Waals surface area (Å²) < 4.78 is 0. The molecule has 2 rings (SSSR count). The van der Waals surface area contributed by atoms with Gasteiger partial charge in [0.25, 0.3) is 0 Å². The second kappa shape index (κ2) is 5.48. The van der Waals surface area contributed by atoms with Crippen LogP contribution in [0.4, 0.5) is 10.5 Å². The number of carbonyl (C=O) groups excluding carboxylic acids is 1. The first-order valence-electron chi connectivity index (χ1n) is 6.53. The third-order valence-corrected chi connectivity index (χ3v) is 3.56. The number of carbonyl (C=O) groups is 1. The van der Waals surface area contributed by atoms with Crippen molar-refractivity contribution < 1.29 is 4.79 Å². The monoisotopic (exact) mass is 262 g/mol. The molecule has 1 aromatic carbocycles. The van der Waals surface area contributed by atoms with E-state index in [1.54, 1.807) is 4.90 Å². The molecule has 0 aromatic heterocycles. The average Bonchev–Trinajstić information content (AvgIpc) is 2.68.